The van der Waals surface area contributed by atoms with Gasteiger partial charge in [-0.2, -0.15) is 5.26 Å². The lowest BCUT2D eigenvalue weighted by atomic mass is 10.0. The quantitative estimate of drug-likeness (QED) is 0.183. The molecule has 8 nitrogen and oxygen atoms in total. The van der Waals surface area contributed by atoms with Crippen LogP contribution in [0.1, 0.15) is 94.2 Å². The zero-order chi connectivity index (χ0) is 27.7. The van der Waals surface area contributed by atoms with Crippen molar-refractivity contribution in [3.63, 3.8) is 0 Å². The Bertz CT molecular complexity index is 1180. The van der Waals surface area contributed by atoms with Crippen molar-refractivity contribution in [2.45, 2.75) is 91.0 Å². The van der Waals surface area contributed by atoms with Gasteiger partial charge in [0, 0.05) is 38.2 Å². The highest BCUT2D eigenvalue weighted by Gasteiger charge is 2.33. The summed E-state index contributed by atoms with van der Waals surface area (Å²) in [5, 5.41) is 18.4. The van der Waals surface area contributed by atoms with Gasteiger partial charge in [-0.3, -0.25) is 23.9 Å². The number of carboxylic acid groups (broad SMARTS) is 1. The first-order chi connectivity index (χ1) is 18.3. The number of unbranched alkanes of at least 4 members (excludes halogenated alkanes) is 7. The van der Waals surface area contributed by atoms with E-state index in [9.17, 15) is 19.6 Å². The monoisotopic (exact) mass is 558 g/mol. The minimum absolute atomic E-state index is 0.113. The number of carboxylic acids is 1. The third-order valence-electron chi connectivity index (χ3n) is 7.24. The number of nitriles is 1. The van der Waals surface area contributed by atoms with Crippen molar-refractivity contribution >= 4 is 52.1 Å². The van der Waals surface area contributed by atoms with Gasteiger partial charge in [0.15, 0.2) is 0 Å². The van der Waals surface area contributed by atoms with Gasteiger partial charge in [-0.15, -0.1) is 0 Å². The van der Waals surface area contributed by atoms with Gasteiger partial charge in [-0.1, -0.05) is 62.5 Å². The molecule has 0 aromatic carbocycles. The molecule has 206 valence electrons. The summed E-state index contributed by atoms with van der Waals surface area (Å²) in [6, 6.07) is 2.08. The Morgan fingerprint density at radius 1 is 1.08 bits per heavy atom. The van der Waals surface area contributed by atoms with Crippen LogP contribution >= 0.6 is 24.0 Å². The Kier molecular flexibility index (Phi) is 11.4. The fraction of sp³-hybridized carbons (Fsp3) is 0.607. The van der Waals surface area contributed by atoms with Crippen LogP contribution in [0.4, 0.5) is 5.82 Å². The van der Waals surface area contributed by atoms with Gasteiger partial charge >= 0.3 is 5.97 Å². The van der Waals surface area contributed by atoms with Gasteiger partial charge < -0.3 is 10.0 Å². The van der Waals surface area contributed by atoms with Gasteiger partial charge in [-0.05, 0) is 51.2 Å². The topological polar surface area (TPSA) is 107 Å². The van der Waals surface area contributed by atoms with Crippen molar-refractivity contribution in [1.29, 1.82) is 5.26 Å². The zero-order valence-corrected chi connectivity index (χ0v) is 24.1. The first-order valence-corrected chi connectivity index (χ1v) is 14.9. The number of aliphatic carboxylic acids is 1. The van der Waals surface area contributed by atoms with Crippen LogP contribution in [0.25, 0.3) is 6.08 Å². The molecule has 1 aromatic rings. The molecule has 0 spiro atoms. The van der Waals surface area contributed by atoms with E-state index < -0.39 is 5.97 Å². The van der Waals surface area contributed by atoms with E-state index in [0.717, 1.165) is 88.7 Å². The molecular formula is C28H38N4O4S2. The van der Waals surface area contributed by atoms with Gasteiger partial charge in [-0.25, -0.2) is 0 Å². The standard InChI is InChI=1S/C28H38N4O4S2/c1-3-31-25(30-15-12-13-16-30)21(20(2)22(19-29)26(31)35)18-23-27(36)32(28(37)38-23)17-11-9-7-5-4-6-8-10-14-24(33)34/h18H,3-17H2,1-2H3,(H,33,34). The summed E-state index contributed by atoms with van der Waals surface area (Å²) in [5.74, 6) is -0.0488. The lowest BCUT2D eigenvalue weighted by Gasteiger charge is -2.26. The molecule has 0 radical (unpaired) electrons. The van der Waals surface area contributed by atoms with Crippen LogP contribution in [-0.4, -0.2) is 50.4 Å². The number of carbonyl (C=O) groups excluding carboxylic acids is 1. The van der Waals surface area contributed by atoms with Crippen molar-refractivity contribution < 1.29 is 14.7 Å². The number of pyridine rings is 1. The third kappa shape index (κ3) is 7.26. The second-order valence-corrected chi connectivity index (χ2v) is 11.6. The molecule has 3 rings (SSSR count). The Labute approximate surface area is 234 Å². The molecule has 10 heteroatoms. The van der Waals surface area contributed by atoms with Crippen molar-refractivity contribution in [2.24, 2.45) is 0 Å². The lowest BCUT2D eigenvalue weighted by molar-refractivity contribution is -0.137. The van der Waals surface area contributed by atoms with Crippen LogP contribution in [0, 0.1) is 18.3 Å². The van der Waals surface area contributed by atoms with E-state index in [1.54, 1.807) is 16.4 Å². The summed E-state index contributed by atoms with van der Waals surface area (Å²) in [6.45, 7) is 6.41. The largest absolute Gasteiger partial charge is 0.481 e. The molecule has 2 saturated heterocycles. The van der Waals surface area contributed by atoms with E-state index in [-0.39, 0.29) is 23.5 Å². The summed E-state index contributed by atoms with van der Waals surface area (Å²) < 4.78 is 2.21. The molecule has 1 amide bonds. The zero-order valence-electron chi connectivity index (χ0n) is 22.5. The minimum atomic E-state index is -0.727. The summed E-state index contributed by atoms with van der Waals surface area (Å²) in [5.41, 5.74) is 1.21. The van der Waals surface area contributed by atoms with E-state index >= 15 is 0 Å². The molecule has 2 aliphatic heterocycles. The van der Waals surface area contributed by atoms with E-state index in [0.29, 0.717) is 27.9 Å². The van der Waals surface area contributed by atoms with Gasteiger partial charge in [0.2, 0.25) is 0 Å². The molecule has 38 heavy (non-hydrogen) atoms. The maximum atomic E-state index is 13.3. The predicted molar refractivity (Wildman–Crippen MR) is 156 cm³/mol. The number of hydrogen-bond donors (Lipinski definition) is 1. The molecule has 3 heterocycles. The second-order valence-electron chi connectivity index (χ2n) is 9.90. The first-order valence-electron chi connectivity index (χ1n) is 13.7. The number of thioether (sulfide) groups is 1. The van der Waals surface area contributed by atoms with Crippen LogP contribution in [0.3, 0.4) is 0 Å². The number of amides is 1. The Morgan fingerprint density at radius 2 is 1.68 bits per heavy atom. The molecular weight excluding hydrogens is 520 g/mol. The van der Waals surface area contributed by atoms with E-state index in [4.69, 9.17) is 17.3 Å². The SMILES string of the molecule is CCn1c(N2CCCC2)c(C=C2SC(=S)N(CCCCCCCCCCC(=O)O)C2=O)c(C)c(C#N)c1=O. The Balaban J connectivity index is 1.65. The molecule has 0 bridgehead atoms. The van der Waals surface area contributed by atoms with E-state index in [1.807, 2.05) is 13.0 Å². The van der Waals surface area contributed by atoms with E-state index in [1.165, 1.54) is 11.8 Å². The highest BCUT2D eigenvalue weighted by molar-refractivity contribution is 8.26. The predicted octanol–water partition coefficient (Wildman–Crippen LogP) is 5.45. The van der Waals surface area contributed by atoms with Crippen LogP contribution in [-0.2, 0) is 16.1 Å². The fourth-order valence-electron chi connectivity index (χ4n) is 5.14. The summed E-state index contributed by atoms with van der Waals surface area (Å²) >= 11 is 6.84. The molecule has 0 saturated carbocycles. The molecule has 2 fully saturated rings. The molecule has 0 atom stereocenters. The van der Waals surface area contributed by atoms with E-state index in [2.05, 4.69) is 11.0 Å². The average molecular weight is 559 g/mol. The van der Waals surface area contributed by atoms with Crippen LogP contribution in [0.15, 0.2) is 9.70 Å². The van der Waals surface area contributed by atoms with Crippen molar-refractivity contribution in [3.05, 3.63) is 31.9 Å². The molecule has 1 aromatic heterocycles. The maximum Gasteiger partial charge on any atom is 0.303 e. The number of carbonyl (C=O) groups is 2. The van der Waals surface area contributed by atoms with Crippen LogP contribution in [0.5, 0.6) is 0 Å². The number of aromatic nitrogens is 1. The van der Waals surface area contributed by atoms with Crippen LogP contribution in [0.2, 0.25) is 0 Å². The molecule has 2 aliphatic rings. The number of hydrogen-bond acceptors (Lipinski definition) is 7. The third-order valence-corrected chi connectivity index (χ3v) is 8.62. The smallest absolute Gasteiger partial charge is 0.303 e. The van der Waals surface area contributed by atoms with Crippen molar-refractivity contribution in [1.82, 2.24) is 9.47 Å². The number of anilines is 1. The summed E-state index contributed by atoms with van der Waals surface area (Å²) in [4.78, 5) is 41.3. The molecule has 0 unspecified atom stereocenters. The number of rotatable bonds is 14. The second kappa shape index (κ2) is 14.5. The van der Waals surface area contributed by atoms with Gasteiger partial charge in [0.1, 0.15) is 21.8 Å². The Hall–Kier alpha value is -2.64. The summed E-state index contributed by atoms with van der Waals surface area (Å²) in [7, 11) is 0. The average Bonchev–Trinajstić information content (AvgIpc) is 3.50. The minimum Gasteiger partial charge on any atom is -0.481 e. The Morgan fingerprint density at radius 3 is 2.26 bits per heavy atom. The lowest BCUT2D eigenvalue weighted by Crippen LogP contribution is -2.33. The normalized spacial score (nSPS) is 16.6. The molecule has 1 N–H and O–H groups in total. The first kappa shape index (κ1) is 29.9. The van der Waals surface area contributed by atoms with Crippen molar-refractivity contribution in [2.75, 3.05) is 24.5 Å². The maximum absolute atomic E-state index is 13.3. The van der Waals surface area contributed by atoms with Crippen molar-refractivity contribution in [3.8, 4) is 6.07 Å². The summed E-state index contributed by atoms with van der Waals surface area (Å²) in [6.07, 6.45) is 12.1. The van der Waals surface area contributed by atoms with Gasteiger partial charge in [0.05, 0.1) is 4.91 Å². The highest BCUT2D eigenvalue weighted by Crippen LogP contribution is 2.36. The highest BCUT2D eigenvalue weighted by atomic mass is 32.2. The van der Waals surface area contributed by atoms with Gasteiger partial charge in [0.25, 0.3) is 11.5 Å². The van der Waals surface area contributed by atoms with Crippen LogP contribution < -0.4 is 10.5 Å². The molecule has 0 aliphatic carbocycles. The number of nitrogens with zero attached hydrogens (tertiary/aromatic N) is 4. The fourth-order valence-corrected chi connectivity index (χ4v) is 6.43. The number of thiocarbonyl (C=S) groups is 1.